The van der Waals surface area contributed by atoms with E-state index in [0.717, 1.165) is 12.5 Å². The molecule has 0 radical (unpaired) electrons. The molecule has 0 aromatic heterocycles. The molecule has 2 nitrogen and oxygen atoms in total. The van der Waals surface area contributed by atoms with Crippen molar-refractivity contribution in [3.05, 3.63) is 35.4 Å². The van der Waals surface area contributed by atoms with Crippen molar-refractivity contribution in [3.8, 4) is 0 Å². The van der Waals surface area contributed by atoms with Crippen molar-refractivity contribution in [1.29, 1.82) is 0 Å². The number of benzene rings is 1. The summed E-state index contributed by atoms with van der Waals surface area (Å²) in [5, 5.41) is 3.66. The monoisotopic (exact) mass is 224 g/mol. The Balaban J connectivity index is 1.83. The highest BCUT2D eigenvalue weighted by molar-refractivity contribution is 6.09. The first kappa shape index (κ1) is 9.46. The topological polar surface area (TPSA) is 24.4 Å². The average Bonchev–Trinajstić information content (AvgIpc) is 2.85. The molecule has 3 aliphatic rings. The molecule has 2 atom stereocenters. The predicted molar refractivity (Wildman–Crippen MR) is 71.5 cm³/mol. The molecule has 2 aliphatic heterocycles. The minimum absolute atomic E-state index is 0.498. The van der Waals surface area contributed by atoms with E-state index in [-0.39, 0.29) is 0 Å². The number of rotatable bonds is 0. The summed E-state index contributed by atoms with van der Waals surface area (Å²) < 4.78 is 0. The lowest BCUT2D eigenvalue weighted by molar-refractivity contribution is 0.540. The van der Waals surface area contributed by atoms with Crippen molar-refractivity contribution in [1.82, 2.24) is 0 Å². The molecule has 2 heteroatoms. The summed E-state index contributed by atoms with van der Waals surface area (Å²) in [5.41, 5.74) is 5.44. The molecule has 2 heterocycles. The largest absolute Gasteiger partial charge is 0.378 e. The van der Waals surface area contributed by atoms with Crippen LogP contribution in [0, 0.1) is 5.92 Å². The summed E-state index contributed by atoms with van der Waals surface area (Å²) in [6.07, 6.45) is 6.17. The molecule has 17 heavy (non-hydrogen) atoms. The molecule has 1 aromatic rings. The van der Waals surface area contributed by atoms with Crippen molar-refractivity contribution < 1.29 is 0 Å². The molecule has 2 unspecified atom stereocenters. The highest BCUT2D eigenvalue weighted by Gasteiger charge is 2.35. The highest BCUT2D eigenvalue weighted by atomic mass is 15.0. The summed E-state index contributed by atoms with van der Waals surface area (Å²) in [7, 11) is 0. The molecule has 0 saturated heterocycles. The minimum Gasteiger partial charge on any atom is -0.378 e. The number of nitrogens with zero attached hydrogens (tertiary/aromatic N) is 1. The summed E-state index contributed by atoms with van der Waals surface area (Å²) in [5.74, 6) is 0.740. The first-order chi connectivity index (χ1) is 8.42. The molecule has 0 bridgehead atoms. The molecule has 1 fully saturated rings. The van der Waals surface area contributed by atoms with Crippen LogP contribution in [0.2, 0.25) is 0 Å². The normalized spacial score (nSPS) is 29.4. The Labute approximate surface area is 101 Å². The van der Waals surface area contributed by atoms with Gasteiger partial charge in [-0.2, -0.15) is 0 Å². The molecule has 1 aromatic carbocycles. The minimum atomic E-state index is 0.498. The fraction of sp³-hybridized carbons (Fsp3) is 0.400. The van der Waals surface area contributed by atoms with Crippen molar-refractivity contribution in [2.24, 2.45) is 10.9 Å². The fourth-order valence-corrected chi connectivity index (χ4v) is 3.35. The van der Waals surface area contributed by atoms with Gasteiger partial charge in [-0.15, -0.1) is 0 Å². The van der Waals surface area contributed by atoms with E-state index in [1.54, 1.807) is 0 Å². The number of hydrogen-bond acceptors (Lipinski definition) is 2. The van der Waals surface area contributed by atoms with Crippen molar-refractivity contribution in [2.45, 2.75) is 25.3 Å². The van der Waals surface area contributed by atoms with Crippen LogP contribution < -0.4 is 5.32 Å². The Hall–Kier alpha value is -1.57. The van der Waals surface area contributed by atoms with E-state index < -0.39 is 0 Å². The molecule has 1 aliphatic carbocycles. The van der Waals surface area contributed by atoms with Crippen LogP contribution in [0.5, 0.6) is 0 Å². The SMILES string of the molecule is C1=C2C3=NCCC3CCC2Nc2ccccc21. The van der Waals surface area contributed by atoms with E-state index >= 15 is 0 Å². The number of para-hydroxylation sites is 1. The second-order valence-electron chi connectivity index (χ2n) is 5.21. The molecular formula is C15H16N2. The van der Waals surface area contributed by atoms with Crippen LogP contribution in [0.3, 0.4) is 0 Å². The fourth-order valence-electron chi connectivity index (χ4n) is 3.35. The van der Waals surface area contributed by atoms with Crippen LogP contribution >= 0.6 is 0 Å². The van der Waals surface area contributed by atoms with Crippen LogP contribution in [-0.2, 0) is 0 Å². The van der Waals surface area contributed by atoms with Crippen LogP contribution in [0.25, 0.3) is 6.08 Å². The Kier molecular flexibility index (Phi) is 1.92. The summed E-state index contributed by atoms with van der Waals surface area (Å²) in [4.78, 5) is 4.72. The Bertz CT molecular complexity index is 527. The maximum absolute atomic E-state index is 4.72. The highest BCUT2D eigenvalue weighted by Crippen LogP contribution is 2.38. The third-order valence-corrected chi connectivity index (χ3v) is 4.22. The lowest BCUT2D eigenvalue weighted by atomic mass is 9.78. The molecule has 0 amide bonds. The molecule has 86 valence electrons. The van der Waals surface area contributed by atoms with E-state index in [2.05, 4.69) is 35.7 Å². The van der Waals surface area contributed by atoms with Gasteiger partial charge in [-0.25, -0.2) is 0 Å². The Morgan fingerprint density at radius 2 is 2.06 bits per heavy atom. The van der Waals surface area contributed by atoms with Crippen molar-refractivity contribution in [3.63, 3.8) is 0 Å². The lowest BCUT2D eigenvalue weighted by Crippen LogP contribution is -2.36. The van der Waals surface area contributed by atoms with Gasteiger partial charge in [0.25, 0.3) is 0 Å². The van der Waals surface area contributed by atoms with Gasteiger partial charge in [0.2, 0.25) is 0 Å². The number of aliphatic imine (C=N–C) groups is 1. The van der Waals surface area contributed by atoms with Gasteiger partial charge in [-0.3, -0.25) is 4.99 Å². The van der Waals surface area contributed by atoms with Gasteiger partial charge in [0.15, 0.2) is 0 Å². The van der Waals surface area contributed by atoms with Crippen LogP contribution in [0.15, 0.2) is 34.8 Å². The smallest absolute Gasteiger partial charge is 0.0532 e. The maximum Gasteiger partial charge on any atom is 0.0532 e. The van der Waals surface area contributed by atoms with Crippen LogP contribution in [-0.4, -0.2) is 18.3 Å². The molecule has 1 saturated carbocycles. The first-order valence-electron chi connectivity index (χ1n) is 6.54. The zero-order valence-electron chi connectivity index (χ0n) is 9.82. The third-order valence-electron chi connectivity index (χ3n) is 4.22. The van der Waals surface area contributed by atoms with Gasteiger partial charge in [-0.05, 0) is 42.5 Å². The number of nitrogens with one attached hydrogen (secondary N) is 1. The molecule has 4 rings (SSSR count). The zero-order valence-corrected chi connectivity index (χ0v) is 9.82. The summed E-state index contributed by atoms with van der Waals surface area (Å²) in [6, 6.07) is 9.06. The maximum atomic E-state index is 4.72. The van der Waals surface area contributed by atoms with E-state index in [9.17, 15) is 0 Å². The van der Waals surface area contributed by atoms with Gasteiger partial charge in [-0.1, -0.05) is 18.2 Å². The van der Waals surface area contributed by atoms with Gasteiger partial charge in [0, 0.05) is 23.9 Å². The first-order valence-corrected chi connectivity index (χ1v) is 6.54. The van der Waals surface area contributed by atoms with Gasteiger partial charge in [0.05, 0.1) is 6.04 Å². The molecule has 0 spiro atoms. The van der Waals surface area contributed by atoms with E-state index in [0.29, 0.717) is 6.04 Å². The second-order valence-corrected chi connectivity index (χ2v) is 5.21. The number of fused-ring (bicyclic) bond motifs is 4. The standard InChI is InChI=1S/C15H16N2/c1-2-4-13-11(3-1)9-12-14(17-13)6-5-10-7-8-16-15(10)12/h1-4,9-10,14,17H,5-8H2. The molecule has 1 N–H and O–H groups in total. The third kappa shape index (κ3) is 1.36. The lowest BCUT2D eigenvalue weighted by Gasteiger charge is -2.34. The number of anilines is 1. The van der Waals surface area contributed by atoms with Gasteiger partial charge < -0.3 is 5.32 Å². The van der Waals surface area contributed by atoms with Gasteiger partial charge >= 0.3 is 0 Å². The zero-order chi connectivity index (χ0) is 11.2. The predicted octanol–water partition coefficient (Wildman–Crippen LogP) is 3.12. The Morgan fingerprint density at radius 3 is 3.06 bits per heavy atom. The van der Waals surface area contributed by atoms with Crippen LogP contribution in [0.1, 0.15) is 24.8 Å². The van der Waals surface area contributed by atoms with Gasteiger partial charge in [0.1, 0.15) is 0 Å². The molecular weight excluding hydrogens is 208 g/mol. The summed E-state index contributed by atoms with van der Waals surface area (Å²) in [6.45, 7) is 1.03. The van der Waals surface area contributed by atoms with E-state index in [1.165, 1.54) is 41.8 Å². The van der Waals surface area contributed by atoms with Crippen molar-refractivity contribution in [2.75, 3.05) is 11.9 Å². The van der Waals surface area contributed by atoms with Crippen LogP contribution in [0.4, 0.5) is 5.69 Å². The van der Waals surface area contributed by atoms with Crippen molar-refractivity contribution >= 4 is 17.5 Å². The quantitative estimate of drug-likeness (QED) is 0.719. The second kappa shape index (κ2) is 3.46. The van der Waals surface area contributed by atoms with E-state index in [1.807, 2.05) is 0 Å². The van der Waals surface area contributed by atoms with E-state index in [4.69, 9.17) is 4.99 Å². The summed E-state index contributed by atoms with van der Waals surface area (Å²) >= 11 is 0. The average molecular weight is 224 g/mol. The Morgan fingerprint density at radius 1 is 1.12 bits per heavy atom. The number of hydrogen-bond donors (Lipinski definition) is 1.